The quantitative estimate of drug-likeness (QED) is 0.139. The Hall–Kier alpha value is -6.61. The summed E-state index contributed by atoms with van der Waals surface area (Å²) in [5, 5.41) is 6.43. The maximum absolute atomic E-state index is 12.6. The predicted octanol–water partition coefficient (Wildman–Crippen LogP) is 12.5. The molecule has 2 aliphatic rings. The van der Waals surface area contributed by atoms with Gasteiger partial charge in [-0.3, -0.25) is 0 Å². The van der Waals surface area contributed by atoms with E-state index in [4.69, 9.17) is 4.98 Å². The Kier molecular flexibility index (Phi) is 8.09. The zero-order chi connectivity index (χ0) is 39.8. The fraction of sp³-hybridized carbons (Fsp3) is 0.0179. The molecule has 284 valence electrons. The fourth-order valence-corrected chi connectivity index (χ4v) is 14.4. The standard InChI is InChI=1S/C56H38NOPS/c58-59(40-18-3-1-4-19-40,41-20-5-2-6-21-41)42-32-30-37(31-33-42)38-16-15-17-39(36-38)55-45-34-35-49-54(53(45)44-23-8-12-27-50(44)57-55)43-22-7-9-24-46(43)56(49)47-25-10-13-28-51(47)60-52-29-14-11-26-48(52)56/h1-36,58-59H. The van der Waals surface area contributed by atoms with Crippen LogP contribution in [0.25, 0.3) is 55.2 Å². The minimum absolute atomic E-state index is 0.453. The van der Waals surface area contributed by atoms with Crippen LogP contribution in [0.5, 0.6) is 0 Å². The van der Waals surface area contributed by atoms with Gasteiger partial charge in [-0.25, -0.2) is 0 Å². The van der Waals surface area contributed by atoms with Gasteiger partial charge in [-0.05, 0) is 28.8 Å². The normalized spacial score (nSPS) is 13.8. The van der Waals surface area contributed by atoms with Gasteiger partial charge in [0.05, 0.1) is 5.41 Å². The summed E-state index contributed by atoms with van der Waals surface area (Å²) in [4.78, 5) is 20.7. The number of nitrogens with zero attached hydrogens (tertiary/aromatic N) is 1. The Morgan fingerprint density at radius 1 is 0.417 bits per heavy atom. The molecule has 4 heteroatoms. The molecule has 2 nitrogen and oxygen atoms in total. The Labute approximate surface area is 354 Å². The van der Waals surface area contributed by atoms with Crippen molar-refractivity contribution in [2.24, 2.45) is 0 Å². The van der Waals surface area contributed by atoms with Crippen molar-refractivity contribution < 1.29 is 4.89 Å². The number of para-hydroxylation sites is 1. The summed E-state index contributed by atoms with van der Waals surface area (Å²) in [6.45, 7) is 0. The molecule has 9 aromatic carbocycles. The first-order chi connectivity index (χ1) is 29.6. The second kappa shape index (κ2) is 13.7. The van der Waals surface area contributed by atoms with Crippen LogP contribution >= 0.6 is 19.3 Å². The third-order valence-electron chi connectivity index (χ3n) is 12.8. The van der Waals surface area contributed by atoms with Crippen LogP contribution < -0.4 is 15.9 Å². The number of rotatable bonds is 5. The van der Waals surface area contributed by atoms with Crippen LogP contribution in [-0.4, -0.2) is 9.88 Å². The Morgan fingerprint density at radius 2 is 0.983 bits per heavy atom. The molecule has 1 aromatic heterocycles. The van der Waals surface area contributed by atoms with Crippen LogP contribution in [-0.2, 0) is 5.41 Å². The number of aromatic nitrogens is 1. The molecule has 0 amide bonds. The summed E-state index contributed by atoms with van der Waals surface area (Å²) in [5.41, 5.74) is 12.7. The molecule has 0 atom stereocenters. The molecule has 1 aliphatic heterocycles. The van der Waals surface area contributed by atoms with Gasteiger partial charge in [0.1, 0.15) is 0 Å². The zero-order valence-corrected chi connectivity index (χ0v) is 34.4. The molecular formula is C56H38NOPS. The number of hydrogen-bond acceptors (Lipinski definition) is 3. The van der Waals surface area contributed by atoms with Crippen LogP contribution in [0, 0.1) is 0 Å². The summed E-state index contributed by atoms with van der Waals surface area (Å²) in [5.74, 6) is 0. The molecular weight excluding hydrogens is 766 g/mol. The van der Waals surface area contributed by atoms with Crippen LogP contribution in [0.2, 0.25) is 0 Å². The van der Waals surface area contributed by atoms with Gasteiger partial charge in [0, 0.05) is 9.79 Å². The van der Waals surface area contributed by atoms with E-state index >= 15 is 0 Å². The Morgan fingerprint density at radius 3 is 1.68 bits per heavy atom. The predicted molar refractivity (Wildman–Crippen MR) is 254 cm³/mol. The fourth-order valence-electron chi connectivity index (χ4n) is 10.2. The molecule has 0 bridgehead atoms. The van der Waals surface area contributed by atoms with E-state index in [1.165, 1.54) is 48.6 Å². The maximum atomic E-state index is 12.6. The average molecular weight is 804 g/mol. The third kappa shape index (κ3) is 5.07. The van der Waals surface area contributed by atoms with E-state index < -0.39 is 12.9 Å². The van der Waals surface area contributed by atoms with E-state index in [-0.39, 0.29) is 0 Å². The van der Waals surface area contributed by atoms with Gasteiger partial charge >= 0.3 is 234 Å². The van der Waals surface area contributed by atoms with Gasteiger partial charge in [0.25, 0.3) is 0 Å². The van der Waals surface area contributed by atoms with Gasteiger partial charge in [0.2, 0.25) is 0 Å². The summed E-state index contributed by atoms with van der Waals surface area (Å²) in [7, 11) is -3.22. The number of hydrogen-bond donors (Lipinski definition) is 1. The number of fused-ring (bicyclic) bond motifs is 13. The van der Waals surface area contributed by atoms with Crippen LogP contribution in [0.3, 0.4) is 0 Å². The monoisotopic (exact) mass is 803 g/mol. The van der Waals surface area contributed by atoms with Crippen molar-refractivity contribution in [2.75, 3.05) is 0 Å². The molecule has 0 saturated carbocycles. The number of pyridine rings is 1. The second-order valence-electron chi connectivity index (χ2n) is 15.9. The van der Waals surface area contributed by atoms with Crippen LogP contribution in [0.15, 0.2) is 228 Å². The second-order valence-corrected chi connectivity index (χ2v) is 20.1. The van der Waals surface area contributed by atoms with E-state index in [1.54, 1.807) is 0 Å². The van der Waals surface area contributed by atoms with Crippen molar-refractivity contribution in [1.29, 1.82) is 0 Å². The van der Waals surface area contributed by atoms with Crippen LogP contribution in [0.1, 0.15) is 22.3 Å². The van der Waals surface area contributed by atoms with Crippen molar-refractivity contribution >= 4 is 56.8 Å². The molecule has 2 heterocycles. The van der Waals surface area contributed by atoms with Crippen molar-refractivity contribution in [1.82, 2.24) is 4.98 Å². The topological polar surface area (TPSA) is 33.1 Å². The Balaban J connectivity index is 1.05. The summed E-state index contributed by atoms with van der Waals surface area (Å²) < 4.78 is 0. The van der Waals surface area contributed by atoms with Gasteiger partial charge in [-0.1, -0.05) is 78.5 Å². The van der Waals surface area contributed by atoms with Crippen molar-refractivity contribution in [3.8, 4) is 33.5 Å². The zero-order valence-electron chi connectivity index (χ0n) is 32.6. The SMILES string of the molecule is O[PH](c1ccccc1)(c1ccccc1)c1ccc(-c2cccc(-c3nc4ccccc4c4c5c(ccc34)C3(c4ccccc4Sc4ccccc43)c3ccccc3-5)c2)cc1. The van der Waals surface area contributed by atoms with E-state index in [9.17, 15) is 4.89 Å². The Bertz CT molecular complexity index is 3220. The summed E-state index contributed by atoms with van der Waals surface area (Å²) >= 11 is 1.88. The summed E-state index contributed by atoms with van der Waals surface area (Å²) in [6.07, 6.45) is 0. The molecule has 0 saturated heterocycles. The van der Waals surface area contributed by atoms with Gasteiger partial charge in [-0.2, -0.15) is 0 Å². The van der Waals surface area contributed by atoms with E-state index in [0.29, 0.717) is 0 Å². The molecule has 60 heavy (non-hydrogen) atoms. The van der Waals surface area contributed by atoms with Gasteiger partial charge in [-0.15, -0.1) is 0 Å². The summed E-state index contributed by atoms with van der Waals surface area (Å²) in [6, 6.07) is 78.0. The molecule has 1 aliphatic carbocycles. The average Bonchev–Trinajstić information content (AvgIpc) is 3.62. The van der Waals surface area contributed by atoms with Crippen molar-refractivity contribution in [2.45, 2.75) is 15.2 Å². The molecule has 1 N–H and O–H groups in total. The first-order valence-corrected chi connectivity index (χ1v) is 23.3. The molecule has 10 aromatic rings. The number of benzene rings is 9. The van der Waals surface area contributed by atoms with Gasteiger partial charge in [0.15, 0.2) is 0 Å². The van der Waals surface area contributed by atoms with E-state index in [0.717, 1.165) is 54.6 Å². The van der Waals surface area contributed by atoms with Crippen molar-refractivity contribution in [3.63, 3.8) is 0 Å². The molecule has 0 unspecified atom stereocenters. The molecule has 0 fully saturated rings. The van der Waals surface area contributed by atoms with Crippen LogP contribution in [0.4, 0.5) is 0 Å². The first-order valence-electron chi connectivity index (χ1n) is 20.5. The molecule has 12 rings (SSSR count). The van der Waals surface area contributed by atoms with Crippen molar-refractivity contribution in [3.05, 3.63) is 241 Å². The van der Waals surface area contributed by atoms with E-state index in [2.05, 4.69) is 182 Å². The first kappa shape index (κ1) is 35.3. The molecule has 1 spiro atoms. The minimum atomic E-state index is -3.22. The van der Waals surface area contributed by atoms with Gasteiger partial charge < -0.3 is 0 Å². The molecule has 0 radical (unpaired) electrons. The third-order valence-corrected chi connectivity index (χ3v) is 17.5. The van der Waals surface area contributed by atoms with E-state index in [1.807, 2.05) is 48.2 Å².